The van der Waals surface area contributed by atoms with Crippen molar-refractivity contribution in [1.82, 2.24) is 4.90 Å². The average molecular weight is 607 g/mol. The van der Waals surface area contributed by atoms with Crippen molar-refractivity contribution >= 4 is 40.4 Å². The van der Waals surface area contributed by atoms with E-state index in [1.165, 1.54) is 70.6 Å². The second kappa shape index (κ2) is 10.7. The van der Waals surface area contributed by atoms with Gasteiger partial charge in [0.2, 0.25) is 11.1 Å². The van der Waals surface area contributed by atoms with Gasteiger partial charge in [-0.1, -0.05) is 24.3 Å². The summed E-state index contributed by atoms with van der Waals surface area (Å²) in [5.41, 5.74) is 8.99. The third-order valence-corrected chi connectivity index (χ3v) is 9.44. The maximum absolute atomic E-state index is 13.6. The first-order valence-electron chi connectivity index (χ1n) is 14.1. The standard InChI is InChI=1S/C35H30N2O6S/c1-18-11-23(12-19(2)22(18)5)15-24-13-20(3)31(21(4)14-24)37-34(40)28-9-7-25(16-29(28)35(37)41)43-44(42)26-8-10-27-30(17-26)33(39)36(6)32(27)38/h7-14,16-17H,15H2,1-6H3. The summed E-state index contributed by atoms with van der Waals surface area (Å²) in [5, 5.41) is 0. The van der Waals surface area contributed by atoms with E-state index < -0.39 is 34.7 Å². The van der Waals surface area contributed by atoms with Crippen molar-refractivity contribution in [3.63, 3.8) is 0 Å². The second-order valence-electron chi connectivity index (χ2n) is 11.5. The van der Waals surface area contributed by atoms with E-state index >= 15 is 0 Å². The van der Waals surface area contributed by atoms with Crippen molar-refractivity contribution in [3.8, 4) is 5.75 Å². The normalized spacial score (nSPS) is 14.8. The lowest BCUT2D eigenvalue weighted by Crippen LogP contribution is -2.30. The maximum atomic E-state index is 13.6. The zero-order valence-corrected chi connectivity index (χ0v) is 26.0. The molecule has 0 saturated heterocycles. The third-order valence-electron chi connectivity index (χ3n) is 8.45. The third kappa shape index (κ3) is 4.73. The van der Waals surface area contributed by atoms with Gasteiger partial charge in [-0.3, -0.25) is 24.1 Å². The second-order valence-corrected chi connectivity index (χ2v) is 12.6. The smallest absolute Gasteiger partial charge is 0.266 e. The van der Waals surface area contributed by atoms with Crippen LogP contribution in [0.25, 0.3) is 0 Å². The van der Waals surface area contributed by atoms with Crippen LogP contribution >= 0.6 is 0 Å². The number of hydrogen-bond donors (Lipinski definition) is 0. The van der Waals surface area contributed by atoms with Crippen molar-refractivity contribution in [1.29, 1.82) is 0 Å². The molecule has 1 unspecified atom stereocenters. The molecule has 0 aromatic heterocycles. The minimum Gasteiger partial charge on any atom is -0.397 e. The number of anilines is 1. The first-order chi connectivity index (χ1) is 20.8. The number of imide groups is 2. The number of rotatable bonds is 6. The Hall–Kier alpha value is -4.89. The van der Waals surface area contributed by atoms with Crippen LogP contribution in [-0.2, 0) is 17.5 Å². The monoisotopic (exact) mass is 606 g/mol. The molecule has 8 nitrogen and oxygen atoms in total. The van der Waals surface area contributed by atoms with Crippen LogP contribution in [0.5, 0.6) is 5.75 Å². The molecule has 2 heterocycles. The van der Waals surface area contributed by atoms with E-state index in [4.69, 9.17) is 4.18 Å². The van der Waals surface area contributed by atoms with Gasteiger partial charge in [-0.15, -0.1) is 0 Å². The van der Waals surface area contributed by atoms with Crippen LogP contribution in [0.3, 0.4) is 0 Å². The van der Waals surface area contributed by atoms with E-state index in [0.717, 1.165) is 28.0 Å². The van der Waals surface area contributed by atoms with Crippen molar-refractivity contribution < 1.29 is 27.6 Å². The zero-order chi connectivity index (χ0) is 31.6. The van der Waals surface area contributed by atoms with Crippen LogP contribution < -0.4 is 9.08 Å². The molecule has 2 aliphatic rings. The Balaban J connectivity index is 1.24. The fourth-order valence-corrected chi connectivity index (χ4v) is 6.79. The Morgan fingerprint density at radius 3 is 1.75 bits per heavy atom. The molecule has 0 radical (unpaired) electrons. The van der Waals surface area contributed by atoms with Gasteiger partial charge in [-0.25, -0.2) is 9.11 Å². The molecule has 0 N–H and O–H groups in total. The van der Waals surface area contributed by atoms with E-state index in [2.05, 4.69) is 32.9 Å². The molecule has 4 aromatic carbocycles. The van der Waals surface area contributed by atoms with E-state index in [0.29, 0.717) is 5.69 Å². The van der Waals surface area contributed by atoms with Crippen LogP contribution in [0.1, 0.15) is 80.4 Å². The van der Waals surface area contributed by atoms with Gasteiger partial charge in [0.25, 0.3) is 23.6 Å². The van der Waals surface area contributed by atoms with Gasteiger partial charge in [0.15, 0.2) is 0 Å². The van der Waals surface area contributed by atoms with Gasteiger partial charge in [0.05, 0.1) is 32.8 Å². The van der Waals surface area contributed by atoms with Crippen molar-refractivity contribution in [3.05, 3.63) is 122 Å². The van der Waals surface area contributed by atoms with Crippen LogP contribution in [0, 0.1) is 34.6 Å². The molecule has 4 amide bonds. The number of hydrogen-bond acceptors (Lipinski definition) is 6. The van der Waals surface area contributed by atoms with E-state index in [-0.39, 0.29) is 32.9 Å². The van der Waals surface area contributed by atoms with Gasteiger partial charge in [0.1, 0.15) is 5.75 Å². The Bertz CT molecular complexity index is 1950. The summed E-state index contributed by atoms with van der Waals surface area (Å²) in [5.74, 6) is -1.71. The predicted octanol–water partition coefficient (Wildman–Crippen LogP) is 5.95. The molecule has 2 aliphatic heterocycles. The highest BCUT2D eigenvalue weighted by atomic mass is 32.2. The van der Waals surface area contributed by atoms with Crippen LogP contribution in [0.4, 0.5) is 5.69 Å². The predicted molar refractivity (Wildman–Crippen MR) is 167 cm³/mol. The summed E-state index contributed by atoms with van der Waals surface area (Å²) in [7, 11) is 1.38. The first kappa shape index (κ1) is 29.2. The summed E-state index contributed by atoms with van der Waals surface area (Å²) in [6, 6.07) is 17.1. The number of benzene rings is 4. The van der Waals surface area contributed by atoms with E-state index in [1.54, 1.807) is 0 Å². The van der Waals surface area contributed by atoms with Crippen molar-refractivity contribution in [2.24, 2.45) is 0 Å². The number of carbonyl (C=O) groups excluding carboxylic acids is 4. The molecule has 44 heavy (non-hydrogen) atoms. The largest absolute Gasteiger partial charge is 0.397 e. The number of nitrogens with zero attached hydrogens (tertiary/aromatic N) is 2. The molecule has 0 saturated carbocycles. The number of fused-ring (bicyclic) bond motifs is 2. The van der Waals surface area contributed by atoms with E-state index in [9.17, 15) is 23.4 Å². The van der Waals surface area contributed by atoms with Gasteiger partial charge in [-0.05, 0) is 116 Å². The number of aryl methyl sites for hydroxylation is 4. The first-order valence-corrected chi connectivity index (χ1v) is 15.2. The van der Waals surface area contributed by atoms with Gasteiger partial charge in [-0.2, -0.15) is 0 Å². The topological polar surface area (TPSA) is 101 Å². The molecule has 4 aromatic rings. The molecule has 0 bridgehead atoms. The highest BCUT2D eigenvalue weighted by molar-refractivity contribution is 7.80. The molecule has 0 spiro atoms. The molecule has 1 atom stereocenters. The lowest BCUT2D eigenvalue weighted by atomic mass is 9.94. The summed E-state index contributed by atoms with van der Waals surface area (Å²) >= 11 is -2.05. The molecule has 6 rings (SSSR count). The molecule has 0 aliphatic carbocycles. The van der Waals surface area contributed by atoms with Crippen molar-refractivity contribution in [2.45, 2.75) is 45.9 Å². The van der Waals surface area contributed by atoms with Gasteiger partial charge in [0, 0.05) is 7.05 Å². The Labute approximate surface area is 257 Å². The Kier molecular flexibility index (Phi) is 7.08. The Morgan fingerprint density at radius 1 is 0.614 bits per heavy atom. The van der Waals surface area contributed by atoms with Crippen LogP contribution in [-0.4, -0.2) is 39.8 Å². The minimum absolute atomic E-state index is 0.123. The lowest BCUT2D eigenvalue weighted by Gasteiger charge is -2.21. The summed E-state index contributed by atoms with van der Waals surface area (Å²) in [4.78, 5) is 54.0. The molecule has 222 valence electrons. The Morgan fingerprint density at radius 2 is 1.11 bits per heavy atom. The van der Waals surface area contributed by atoms with Crippen LogP contribution in [0.2, 0.25) is 0 Å². The van der Waals surface area contributed by atoms with Crippen molar-refractivity contribution in [2.75, 3.05) is 11.9 Å². The zero-order valence-electron chi connectivity index (χ0n) is 25.2. The van der Waals surface area contributed by atoms with Gasteiger partial charge < -0.3 is 4.18 Å². The SMILES string of the molecule is Cc1cc(Cc2cc(C)c(N3C(=O)c4ccc(OS(=O)c5ccc6c(c5)C(=O)N(C)C6=O)cc4C3=O)c(C)c2)cc(C)c1C. The molecular weight excluding hydrogens is 576 g/mol. The summed E-state index contributed by atoms with van der Waals surface area (Å²) in [6.07, 6.45) is 0.731. The molecular formula is C35H30N2O6S. The van der Waals surface area contributed by atoms with Gasteiger partial charge >= 0.3 is 0 Å². The fourth-order valence-electron chi connectivity index (χ4n) is 6.02. The van der Waals surface area contributed by atoms with Crippen LogP contribution in [0.15, 0.2) is 65.6 Å². The van der Waals surface area contributed by atoms with E-state index in [1.807, 2.05) is 26.0 Å². The molecule has 9 heteroatoms. The molecule has 0 fully saturated rings. The highest BCUT2D eigenvalue weighted by Crippen LogP contribution is 2.36. The summed E-state index contributed by atoms with van der Waals surface area (Å²) < 4.78 is 18.7. The minimum atomic E-state index is -2.05. The number of amides is 4. The fraction of sp³-hybridized carbons (Fsp3) is 0.200. The maximum Gasteiger partial charge on any atom is 0.266 e. The average Bonchev–Trinajstić information content (AvgIpc) is 3.35. The summed E-state index contributed by atoms with van der Waals surface area (Å²) in [6.45, 7) is 10.1. The number of carbonyl (C=O) groups is 4. The quantitative estimate of drug-likeness (QED) is 0.252. The highest BCUT2D eigenvalue weighted by Gasteiger charge is 2.39. The lowest BCUT2D eigenvalue weighted by molar-refractivity contribution is 0.0692.